The Bertz CT molecular complexity index is 1150. The van der Waals surface area contributed by atoms with Gasteiger partial charge in [0.15, 0.2) is 11.2 Å². The van der Waals surface area contributed by atoms with Crippen molar-refractivity contribution < 1.29 is 4.79 Å². The smallest absolute Gasteiger partial charge is 0.332 e. The first-order valence-corrected chi connectivity index (χ1v) is 12.6. The van der Waals surface area contributed by atoms with Crippen molar-refractivity contribution in [1.82, 2.24) is 24.0 Å². The van der Waals surface area contributed by atoms with Crippen molar-refractivity contribution in [3.8, 4) is 0 Å². The van der Waals surface area contributed by atoms with Gasteiger partial charge in [0, 0.05) is 20.6 Å². The van der Waals surface area contributed by atoms with Gasteiger partial charge in [0.2, 0.25) is 5.91 Å². The van der Waals surface area contributed by atoms with Crippen molar-refractivity contribution >= 4 is 30.3 Å². The van der Waals surface area contributed by atoms with E-state index in [1.165, 1.54) is 23.1 Å². The number of fused-ring (bicyclic) bond motifs is 1. The quantitative estimate of drug-likeness (QED) is 0.625. The van der Waals surface area contributed by atoms with Crippen LogP contribution in [0.4, 0.5) is 0 Å². The number of amides is 1. The second-order valence-electron chi connectivity index (χ2n) is 7.98. The lowest BCUT2D eigenvalue weighted by Crippen LogP contribution is -2.43. The zero-order valence-electron chi connectivity index (χ0n) is 16.8. The van der Waals surface area contributed by atoms with E-state index in [9.17, 15) is 14.4 Å². The first-order valence-electron chi connectivity index (χ1n) is 9.06. The second-order valence-corrected chi connectivity index (χ2v) is 13.1. The molecule has 28 heavy (non-hydrogen) atoms. The summed E-state index contributed by atoms with van der Waals surface area (Å²) >= 11 is 0. The molecule has 0 spiro atoms. The van der Waals surface area contributed by atoms with Gasteiger partial charge in [-0.25, -0.2) is 14.3 Å². The van der Waals surface area contributed by atoms with Gasteiger partial charge in [0.1, 0.15) is 6.54 Å². The van der Waals surface area contributed by atoms with Gasteiger partial charge < -0.3 is 9.88 Å². The summed E-state index contributed by atoms with van der Waals surface area (Å²) in [5.41, 5.74) is 0.477. The summed E-state index contributed by atoms with van der Waals surface area (Å²) in [5, 5.41) is 4.13. The van der Waals surface area contributed by atoms with Gasteiger partial charge >= 0.3 is 5.69 Å². The fourth-order valence-corrected chi connectivity index (χ4v) is 4.23. The Morgan fingerprint density at radius 3 is 2.36 bits per heavy atom. The molecule has 2 aromatic heterocycles. The van der Waals surface area contributed by atoms with E-state index in [1.54, 1.807) is 11.6 Å². The van der Waals surface area contributed by atoms with Crippen LogP contribution in [0.15, 0.2) is 40.2 Å². The summed E-state index contributed by atoms with van der Waals surface area (Å²) in [7, 11) is 1.85. The number of carbonyl (C=O) groups is 1. The van der Waals surface area contributed by atoms with E-state index < -0.39 is 25.2 Å². The molecule has 0 unspecified atom stereocenters. The molecule has 0 aliphatic rings. The lowest BCUT2D eigenvalue weighted by atomic mass is 10.2. The molecule has 8 nitrogen and oxygen atoms in total. The van der Waals surface area contributed by atoms with E-state index in [1.807, 2.05) is 12.1 Å². The minimum Gasteiger partial charge on any atom is -0.350 e. The van der Waals surface area contributed by atoms with Crippen LogP contribution < -0.4 is 21.8 Å². The topological polar surface area (TPSA) is 90.9 Å². The van der Waals surface area contributed by atoms with Crippen LogP contribution in [0.1, 0.15) is 5.56 Å². The van der Waals surface area contributed by atoms with Crippen LogP contribution >= 0.6 is 0 Å². The minimum absolute atomic E-state index is 0.289. The van der Waals surface area contributed by atoms with Crippen molar-refractivity contribution in [2.45, 2.75) is 32.7 Å². The van der Waals surface area contributed by atoms with Gasteiger partial charge in [0.05, 0.1) is 14.4 Å². The molecule has 3 aromatic rings. The maximum absolute atomic E-state index is 12.6. The summed E-state index contributed by atoms with van der Waals surface area (Å²) < 4.78 is 3.76. The van der Waals surface area contributed by atoms with E-state index in [2.05, 4.69) is 42.1 Å². The van der Waals surface area contributed by atoms with Gasteiger partial charge in [0.25, 0.3) is 5.56 Å². The van der Waals surface area contributed by atoms with E-state index in [0.717, 1.165) is 10.1 Å². The van der Waals surface area contributed by atoms with Crippen LogP contribution in [0.3, 0.4) is 0 Å². The number of nitrogens with zero attached hydrogens (tertiary/aromatic N) is 4. The number of aromatic nitrogens is 4. The third-order valence-corrected chi connectivity index (χ3v) is 6.88. The largest absolute Gasteiger partial charge is 0.350 e. The lowest BCUT2D eigenvalue weighted by molar-refractivity contribution is -0.121. The lowest BCUT2D eigenvalue weighted by Gasteiger charge is -2.16. The molecule has 148 valence electrons. The van der Waals surface area contributed by atoms with E-state index >= 15 is 0 Å². The molecular weight excluding hydrogens is 374 g/mol. The summed E-state index contributed by atoms with van der Waals surface area (Å²) in [6, 6.07) is 8.20. The molecule has 0 saturated carbocycles. The van der Waals surface area contributed by atoms with Crippen LogP contribution in [0, 0.1) is 0 Å². The molecule has 0 radical (unpaired) electrons. The number of hydrogen-bond acceptors (Lipinski definition) is 4. The third-order valence-electron chi connectivity index (χ3n) is 4.81. The van der Waals surface area contributed by atoms with E-state index in [-0.39, 0.29) is 12.1 Å². The first-order chi connectivity index (χ1) is 13.1. The monoisotopic (exact) mass is 399 g/mol. The molecule has 0 saturated heterocycles. The highest BCUT2D eigenvalue weighted by Crippen LogP contribution is 2.05. The molecule has 0 bridgehead atoms. The van der Waals surface area contributed by atoms with Crippen LogP contribution in [0.2, 0.25) is 19.6 Å². The van der Waals surface area contributed by atoms with E-state index in [4.69, 9.17) is 0 Å². The molecule has 1 N–H and O–H groups in total. The fraction of sp³-hybridized carbons (Fsp3) is 0.368. The Morgan fingerprint density at radius 2 is 1.75 bits per heavy atom. The van der Waals surface area contributed by atoms with Gasteiger partial charge in [-0.1, -0.05) is 49.1 Å². The maximum atomic E-state index is 12.6. The number of imidazole rings is 1. The van der Waals surface area contributed by atoms with Gasteiger partial charge in [-0.3, -0.25) is 14.2 Å². The highest BCUT2D eigenvalue weighted by Gasteiger charge is 2.17. The molecule has 1 aromatic carbocycles. The average molecular weight is 400 g/mol. The zero-order valence-corrected chi connectivity index (χ0v) is 17.8. The molecular formula is C19H25N5O3Si. The molecule has 1 amide bonds. The molecule has 0 aliphatic heterocycles. The fourth-order valence-electron chi connectivity index (χ4n) is 3.06. The zero-order chi connectivity index (χ0) is 20.6. The first kappa shape index (κ1) is 19.8. The SMILES string of the molecule is Cn1cnc2c1c(=O)n(CC(=O)NCc1ccc([Si](C)(C)C)cc1)c(=O)n2C. The van der Waals surface area contributed by atoms with E-state index in [0.29, 0.717) is 12.2 Å². The van der Waals surface area contributed by atoms with Gasteiger partial charge in [-0.2, -0.15) is 0 Å². The number of carbonyl (C=O) groups excluding carboxylic acids is 1. The standard InChI is InChI=1S/C19H25N5O3Si/c1-22-12-21-17-16(22)18(26)24(19(27)23(17)2)11-15(25)20-10-13-6-8-14(9-7-13)28(3,4)5/h6-9,12H,10-11H2,1-5H3,(H,20,25). The molecule has 2 heterocycles. The van der Waals surface area contributed by atoms with Crippen LogP contribution in [-0.2, 0) is 32.0 Å². The van der Waals surface area contributed by atoms with Crippen LogP contribution in [0.25, 0.3) is 11.2 Å². The Balaban J connectivity index is 1.76. The summed E-state index contributed by atoms with van der Waals surface area (Å²) in [5.74, 6) is -0.394. The van der Waals surface area contributed by atoms with Gasteiger partial charge in [-0.15, -0.1) is 0 Å². The Kier molecular flexibility index (Phi) is 5.12. The van der Waals surface area contributed by atoms with Crippen molar-refractivity contribution in [3.05, 3.63) is 57.0 Å². The van der Waals surface area contributed by atoms with Gasteiger partial charge in [-0.05, 0) is 5.56 Å². The normalized spacial score (nSPS) is 11.8. The minimum atomic E-state index is -1.36. The summed E-state index contributed by atoms with van der Waals surface area (Å²) in [4.78, 5) is 41.5. The van der Waals surface area contributed by atoms with Crippen molar-refractivity contribution in [2.24, 2.45) is 14.1 Å². The van der Waals surface area contributed by atoms with Crippen molar-refractivity contribution in [3.63, 3.8) is 0 Å². The second kappa shape index (κ2) is 7.23. The Hall–Kier alpha value is -2.94. The van der Waals surface area contributed by atoms with Crippen molar-refractivity contribution in [2.75, 3.05) is 0 Å². The Morgan fingerprint density at radius 1 is 1.11 bits per heavy atom. The molecule has 9 heteroatoms. The van der Waals surface area contributed by atoms with Crippen LogP contribution in [0.5, 0.6) is 0 Å². The number of rotatable bonds is 5. The summed E-state index contributed by atoms with van der Waals surface area (Å²) in [6.07, 6.45) is 1.47. The third kappa shape index (κ3) is 3.70. The number of aryl methyl sites for hydroxylation is 2. The molecule has 3 rings (SSSR count). The number of hydrogen-bond donors (Lipinski definition) is 1. The van der Waals surface area contributed by atoms with Crippen LogP contribution in [-0.4, -0.2) is 32.7 Å². The predicted molar refractivity (Wildman–Crippen MR) is 111 cm³/mol. The number of nitrogens with one attached hydrogen (secondary N) is 1. The highest BCUT2D eigenvalue weighted by molar-refractivity contribution is 6.88. The molecule has 0 aliphatic carbocycles. The Labute approximate surface area is 163 Å². The number of benzene rings is 1. The predicted octanol–water partition coefficient (Wildman–Crippen LogP) is 0.295. The maximum Gasteiger partial charge on any atom is 0.332 e. The highest BCUT2D eigenvalue weighted by atomic mass is 28.3. The summed E-state index contributed by atoms with van der Waals surface area (Å²) in [6.45, 7) is 6.84. The molecule has 0 fully saturated rings. The van der Waals surface area contributed by atoms with Crippen molar-refractivity contribution in [1.29, 1.82) is 0 Å². The molecule has 0 atom stereocenters. The average Bonchev–Trinajstić information content (AvgIpc) is 3.03.